The highest BCUT2D eigenvalue weighted by molar-refractivity contribution is 9.08. The van der Waals surface area contributed by atoms with E-state index in [1.54, 1.807) is 6.07 Å². The van der Waals surface area contributed by atoms with Gasteiger partial charge in [-0.2, -0.15) is 13.2 Å². The molecule has 2 aromatic rings. The van der Waals surface area contributed by atoms with Gasteiger partial charge in [0.25, 0.3) is 0 Å². The van der Waals surface area contributed by atoms with Crippen LogP contribution in [0.5, 0.6) is 0 Å². The summed E-state index contributed by atoms with van der Waals surface area (Å²) in [6.07, 6.45) is -4.41. The minimum absolute atomic E-state index is 0.0710. The molecule has 2 rings (SSSR count). The van der Waals surface area contributed by atoms with E-state index in [1.807, 2.05) is 0 Å². The smallest absolute Gasteiger partial charge is 0.166 e. The second-order valence-corrected chi connectivity index (χ2v) is 6.03. The molecule has 2 aromatic carbocycles. The average molecular weight is 418 g/mol. The highest BCUT2D eigenvalue weighted by atomic mass is 79.9. The number of halogens is 7. The zero-order valence-corrected chi connectivity index (χ0v) is 14.1. The van der Waals surface area contributed by atoms with E-state index in [2.05, 4.69) is 15.9 Å². The predicted octanol–water partition coefficient (Wildman–Crippen LogP) is 7.23. The minimum atomic E-state index is -4.41. The number of alkyl halides is 4. The zero-order chi connectivity index (χ0) is 15.8. The van der Waals surface area contributed by atoms with E-state index in [4.69, 9.17) is 34.8 Å². The van der Waals surface area contributed by atoms with Gasteiger partial charge in [-0.1, -0.05) is 56.8 Å². The summed E-state index contributed by atoms with van der Waals surface area (Å²) < 4.78 is 38.7. The van der Waals surface area contributed by atoms with E-state index in [9.17, 15) is 13.2 Å². The third-order valence-corrected chi connectivity index (χ3v) is 4.48. The molecule has 0 aliphatic heterocycles. The molecule has 0 saturated heterocycles. The second-order valence-electron chi connectivity index (χ2n) is 4.25. The molecular weight excluding hydrogens is 411 g/mol. The van der Waals surface area contributed by atoms with Crippen LogP contribution in [0.2, 0.25) is 15.1 Å². The van der Waals surface area contributed by atoms with E-state index in [0.717, 1.165) is 6.07 Å². The zero-order valence-electron chi connectivity index (χ0n) is 10.2. The largest absolute Gasteiger partial charge is 0.416 e. The van der Waals surface area contributed by atoms with Crippen LogP contribution in [0, 0.1) is 0 Å². The van der Waals surface area contributed by atoms with Gasteiger partial charge in [-0.15, -0.1) is 0 Å². The van der Waals surface area contributed by atoms with Crippen molar-refractivity contribution in [1.29, 1.82) is 0 Å². The molecular formula is C14H7BrCl3F3. The summed E-state index contributed by atoms with van der Waals surface area (Å²) in [7, 11) is 0. The number of hydrogen-bond acceptors (Lipinski definition) is 0. The number of rotatable bonds is 2. The molecule has 0 radical (unpaired) electrons. The highest BCUT2D eigenvalue weighted by Gasteiger charge is 2.33. The van der Waals surface area contributed by atoms with Gasteiger partial charge in [-0.3, -0.25) is 0 Å². The van der Waals surface area contributed by atoms with Crippen LogP contribution in [0.3, 0.4) is 0 Å². The van der Waals surface area contributed by atoms with E-state index >= 15 is 0 Å². The molecule has 0 aliphatic carbocycles. The van der Waals surface area contributed by atoms with Crippen LogP contribution < -0.4 is 0 Å². The normalized spacial score (nSPS) is 11.8. The van der Waals surface area contributed by atoms with E-state index in [-0.39, 0.29) is 20.9 Å². The monoisotopic (exact) mass is 416 g/mol. The first-order valence-corrected chi connectivity index (χ1v) is 7.90. The first-order chi connectivity index (χ1) is 9.74. The third-order valence-electron chi connectivity index (χ3n) is 2.86. The van der Waals surface area contributed by atoms with Crippen molar-refractivity contribution < 1.29 is 13.2 Å². The lowest BCUT2D eigenvalue weighted by atomic mass is 9.99. The Labute approximate surface area is 142 Å². The Morgan fingerprint density at radius 1 is 1.00 bits per heavy atom. The molecule has 0 heterocycles. The fourth-order valence-electron chi connectivity index (χ4n) is 1.91. The van der Waals surface area contributed by atoms with Crippen LogP contribution in [-0.4, -0.2) is 0 Å². The number of benzene rings is 2. The summed E-state index contributed by atoms with van der Waals surface area (Å²) in [6.45, 7) is 0. The Bertz CT molecular complexity index is 684. The number of hydrogen-bond donors (Lipinski definition) is 0. The van der Waals surface area contributed by atoms with Gasteiger partial charge in [0, 0.05) is 15.9 Å². The van der Waals surface area contributed by atoms with Crippen molar-refractivity contribution >= 4 is 50.7 Å². The van der Waals surface area contributed by atoms with Gasteiger partial charge in [0.05, 0.1) is 15.6 Å². The molecule has 0 spiro atoms. The van der Waals surface area contributed by atoms with Crippen LogP contribution >= 0.6 is 50.7 Å². The lowest BCUT2D eigenvalue weighted by molar-refractivity contribution is -0.138. The van der Waals surface area contributed by atoms with Gasteiger partial charge in [-0.05, 0) is 35.4 Å². The maximum atomic E-state index is 12.9. The Kier molecular flexibility index (Phi) is 5.14. The van der Waals surface area contributed by atoms with Crippen LogP contribution in [0.4, 0.5) is 13.2 Å². The molecule has 21 heavy (non-hydrogen) atoms. The maximum absolute atomic E-state index is 12.9. The van der Waals surface area contributed by atoms with Crippen molar-refractivity contribution in [1.82, 2.24) is 0 Å². The topological polar surface area (TPSA) is 0 Å². The predicted molar refractivity (Wildman–Crippen MR) is 84.5 cm³/mol. The third kappa shape index (κ3) is 3.67. The van der Waals surface area contributed by atoms with Gasteiger partial charge >= 0.3 is 6.18 Å². The van der Waals surface area contributed by atoms with Gasteiger partial charge in [0.1, 0.15) is 0 Å². The Morgan fingerprint density at radius 2 is 1.67 bits per heavy atom. The molecule has 0 atom stereocenters. The minimum Gasteiger partial charge on any atom is -0.166 e. The molecule has 0 aliphatic rings. The fraction of sp³-hybridized carbons (Fsp3) is 0.143. The molecule has 7 heteroatoms. The Morgan fingerprint density at radius 3 is 2.24 bits per heavy atom. The van der Waals surface area contributed by atoms with Crippen molar-refractivity contribution in [2.24, 2.45) is 0 Å². The molecule has 0 N–H and O–H groups in total. The van der Waals surface area contributed by atoms with Gasteiger partial charge in [-0.25, -0.2) is 0 Å². The van der Waals surface area contributed by atoms with E-state index in [0.29, 0.717) is 16.1 Å². The van der Waals surface area contributed by atoms with Crippen molar-refractivity contribution in [3.63, 3.8) is 0 Å². The van der Waals surface area contributed by atoms with Crippen molar-refractivity contribution in [2.75, 3.05) is 0 Å². The summed E-state index contributed by atoms with van der Waals surface area (Å²) in [6, 6.07) is 6.84. The van der Waals surface area contributed by atoms with Crippen LogP contribution in [0.15, 0.2) is 30.3 Å². The Hall–Kier alpha value is -0.420. The molecule has 0 aromatic heterocycles. The lowest BCUT2D eigenvalue weighted by Crippen LogP contribution is -2.08. The summed E-state index contributed by atoms with van der Waals surface area (Å²) in [5.74, 6) is 0. The molecule has 0 unspecified atom stereocenters. The molecule has 0 nitrogen and oxygen atoms in total. The summed E-state index contributed by atoms with van der Waals surface area (Å²) in [5.41, 5.74) is 0.441. The SMILES string of the molecule is FC(F)(F)c1ccc(-c2cc(Cl)cc(Cl)c2Cl)cc1CBr. The van der Waals surface area contributed by atoms with Crippen LogP contribution in [0.1, 0.15) is 11.1 Å². The van der Waals surface area contributed by atoms with Crippen molar-refractivity contribution in [3.05, 3.63) is 56.5 Å². The second kappa shape index (κ2) is 6.37. The van der Waals surface area contributed by atoms with Gasteiger partial charge in [0.2, 0.25) is 0 Å². The van der Waals surface area contributed by atoms with Crippen molar-refractivity contribution in [3.8, 4) is 11.1 Å². The molecule has 0 saturated carbocycles. The summed E-state index contributed by atoms with van der Waals surface area (Å²) >= 11 is 21.0. The average Bonchev–Trinajstić information content (AvgIpc) is 2.41. The quantitative estimate of drug-likeness (QED) is 0.357. The van der Waals surface area contributed by atoms with E-state index < -0.39 is 11.7 Å². The van der Waals surface area contributed by atoms with E-state index in [1.165, 1.54) is 18.2 Å². The molecule has 0 bridgehead atoms. The van der Waals surface area contributed by atoms with Gasteiger partial charge in [0.15, 0.2) is 0 Å². The lowest BCUT2D eigenvalue weighted by Gasteiger charge is -2.14. The Balaban J connectivity index is 2.62. The first kappa shape index (κ1) is 16.9. The van der Waals surface area contributed by atoms with Crippen molar-refractivity contribution in [2.45, 2.75) is 11.5 Å². The highest BCUT2D eigenvalue weighted by Crippen LogP contribution is 2.39. The first-order valence-electron chi connectivity index (χ1n) is 5.65. The molecule has 112 valence electrons. The molecule has 0 fully saturated rings. The van der Waals surface area contributed by atoms with Crippen LogP contribution in [0.25, 0.3) is 11.1 Å². The molecule has 0 amide bonds. The standard InChI is InChI=1S/C14H7BrCl3F3/c15-6-8-3-7(1-2-11(8)14(19,20)21)10-4-9(16)5-12(17)13(10)18/h1-5H,6H2. The maximum Gasteiger partial charge on any atom is 0.416 e. The van der Waals surface area contributed by atoms with Crippen LogP contribution in [-0.2, 0) is 11.5 Å². The summed E-state index contributed by atoms with van der Waals surface area (Å²) in [4.78, 5) is 0. The summed E-state index contributed by atoms with van der Waals surface area (Å²) in [5, 5.41) is 0.933. The fourth-order valence-corrected chi connectivity index (χ4v) is 3.09. The van der Waals surface area contributed by atoms with Gasteiger partial charge < -0.3 is 0 Å².